The molecule has 0 aromatic heterocycles. The van der Waals surface area contributed by atoms with E-state index in [9.17, 15) is 39.3 Å². The molecule has 0 spiro atoms. The van der Waals surface area contributed by atoms with Crippen LogP contribution in [0.15, 0.2) is 0 Å². The largest absolute Gasteiger partial charge is 0.480 e. The van der Waals surface area contributed by atoms with Crippen molar-refractivity contribution in [3.05, 3.63) is 0 Å². The summed E-state index contributed by atoms with van der Waals surface area (Å²) in [6.07, 6.45) is -0.797. The normalized spacial score (nSPS) is 28.4. The van der Waals surface area contributed by atoms with Crippen LogP contribution in [0.4, 0.5) is 0 Å². The number of carbonyl (C=O) groups excluding carboxylic acids is 2. The first-order chi connectivity index (χ1) is 26.1. The summed E-state index contributed by atoms with van der Waals surface area (Å²) in [5.41, 5.74) is 0. The fourth-order valence-electron chi connectivity index (χ4n) is 7.85. The van der Waals surface area contributed by atoms with E-state index in [1.165, 1.54) is 19.6 Å². The number of nitrogens with zero attached hydrogens (tertiary/aromatic N) is 5. The van der Waals surface area contributed by atoms with Gasteiger partial charge in [-0.3, -0.25) is 48.5 Å². The zero-order chi connectivity index (χ0) is 38.5. The lowest BCUT2D eigenvalue weighted by Crippen LogP contribution is -2.63. The smallest absolute Gasteiger partial charge is 0.317 e. The summed E-state index contributed by atoms with van der Waals surface area (Å²) in [5, 5.41) is 42.7. The number of carbonyl (C=O) groups is 5. The maximum atomic E-state index is 14.0. The molecule has 6 atom stereocenters. The van der Waals surface area contributed by atoms with Gasteiger partial charge in [-0.2, -0.15) is 0 Å². The van der Waals surface area contributed by atoms with Gasteiger partial charge in [0.2, 0.25) is 11.8 Å². The van der Waals surface area contributed by atoms with Crippen LogP contribution in [0, 0.1) is 0 Å². The average molecular weight is 772 g/mol. The minimum absolute atomic E-state index is 0.0624. The van der Waals surface area contributed by atoms with Crippen LogP contribution >= 0.6 is 0 Å². The first-order valence-electron chi connectivity index (χ1n) is 18.9. The van der Waals surface area contributed by atoms with Crippen molar-refractivity contribution in [2.45, 2.75) is 56.3 Å². The number of piperidine rings is 1. The van der Waals surface area contributed by atoms with Gasteiger partial charge >= 0.3 is 17.9 Å². The Kier molecular flexibility index (Phi) is 16.6. The van der Waals surface area contributed by atoms with Crippen LogP contribution < -0.4 is 21.3 Å². The Morgan fingerprint density at radius 1 is 0.537 bits per heavy atom. The molecular formula is C33H57N9O12. The minimum Gasteiger partial charge on any atom is -0.480 e. The zero-order valence-electron chi connectivity index (χ0n) is 30.8. The summed E-state index contributed by atoms with van der Waals surface area (Å²) < 4.78 is 23.6. The molecule has 0 aromatic rings. The van der Waals surface area contributed by atoms with Crippen molar-refractivity contribution >= 4 is 29.7 Å². The molecule has 5 heterocycles. The van der Waals surface area contributed by atoms with Crippen molar-refractivity contribution < 1.29 is 58.2 Å². The van der Waals surface area contributed by atoms with Crippen LogP contribution in [0.2, 0.25) is 0 Å². The van der Waals surface area contributed by atoms with Crippen LogP contribution in [0.1, 0.15) is 19.3 Å². The average Bonchev–Trinajstić information content (AvgIpc) is 3.14. The van der Waals surface area contributed by atoms with Crippen LogP contribution in [-0.2, 0) is 42.9 Å². The maximum absolute atomic E-state index is 14.0. The second kappa shape index (κ2) is 21.3. The van der Waals surface area contributed by atoms with E-state index < -0.39 is 74.5 Å². The molecule has 5 aliphatic heterocycles. The fourth-order valence-corrected chi connectivity index (χ4v) is 7.85. The Balaban J connectivity index is 1.31. The highest BCUT2D eigenvalue weighted by Crippen LogP contribution is 2.26. The summed E-state index contributed by atoms with van der Waals surface area (Å²) in [6, 6.07) is -0.967. The number of amides is 2. The Bertz CT molecular complexity index is 1130. The van der Waals surface area contributed by atoms with Gasteiger partial charge in [-0.1, -0.05) is 6.42 Å². The standard InChI is InChI=1S/C33H57N9O12/c43-25(41(27-12-34-4-8-51-27)28-13-35-5-9-52-28)18-38(20-31(45)46)16-23-2-1-3-24(40(23)22-33(49)50)17-39(21-32(47)48)19-26(44)42(29-14-36-6-10-53-29)30-15-37-7-11-54-30/h23-24,27-30,34-37H,1-22H2,(H,45,46)(H,47,48)(H,49,50). The highest BCUT2D eigenvalue weighted by atomic mass is 16.5. The van der Waals surface area contributed by atoms with Crippen molar-refractivity contribution in [2.75, 3.05) is 125 Å². The molecule has 5 saturated heterocycles. The Labute approximate surface area is 314 Å². The van der Waals surface area contributed by atoms with E-state index in [2.05, 4.69) is 21.3 Å². The molecule has 7 N–H and O–H groups in total. The molecule has 306 valence electrons. The molecule has 5 fully saturated rings. The van der Waals surface area contributed by atoms with E-state index in [-0.39, 0.29) is 38.0 Å². The van der Waals surface area contributed by atoms with E-state index in [1.807, 2.05) is 0 Å². The summed E-state index contributed by atoms with van der Waals surface area (Å²) in [6.45, 7) is 3.82. The van der Waals surface area contributed by atoms with Crippen molar-refractivity contribution in [1.82, 2.24) is 45.8 Å². The molecule has 0 radical (unpaired) electrons. The first kappa shape index (κ1) is 42.1. The molecule has 2 amide bonds. The quantitative estimate of drug-likeness (QED) is 0.0694. The van der Waals surface area contributed by atoms with E-state index in [1.54, 1.807) is 4.90 Å². The summed E-state index contributed by atoms with van der Waals surface area (Å²) >= 11 is 0. The number of hydrogen-bond acceptors (Lipinski definition) is 16. The predicted octanol–water partition coefficient (Wildman–Crippen LogP) is -4.49. The van der Waals surface area contributed by atoms with E-state index in [0.717, 1.165) is 0 Å². The van der Waals surface area contributed by atoms with Gasteiger partial charge < -0.3 is 55.5 Å². The number of ether oxygens (including phenoxy) is 4. The van der Waals surface area contributed by atoms with E-state index >= 15 is 0 Å². The van der Waals surface area contributed by atoms with Gasteiger partial charge in [-0.25, -0.2) is 0 Å². The van der Waals surface area contributed by atoms with Gasteiger partial charge in [-0.15, -0.1) is 0 Å². The Hall–Kier alpha value is -3.09. The topological polar surface area (TPSA) is 247 Å². The molecule has 0 aromatic carbocycles. The van der Waals surface area contributed by atoms with Crippen molar-refractivity contribution in [1.29, 1.82) is 0 Å². The van der Waals surface area contributed by atoms with Gasteiger partial charge in [0.25, 0.3) is 0 Å². The van der Waals surface area contributed by atoms with Gasteiger partial charge in [0.15, 0.2) is 0 Å². The van der Waals surface area contributed by atoms with E-state index in [4.69, 9.17) is 18.9 Å². The third-order valence-electron chi connectivity index (χ3n) is 10.2. The lowest BCUT2D eigenvalue weighted by molar-refractivity contribution is -0.186. The molecule has 0 bridgehead atoms. The van der Waals surface area contributed by atoms with Gasteiger partial charge in [0.1, 0.15) is 24.9 Å². The molecule has 0 aliphatic carbocycles. The third kappa shape index (κ3) is 12.5. The van der Waals surface area contributed by atoms with Gasteiger partial charge in [0, 0.05) is 77.5 Å². The Morgan fingerprint density at radius 3 is 1.17 bits per heavy atom. The van der Waals surface area contributed by atoms with Gasteiger partial charge in [-0.05, 0) is 12.8 Å². The van der Waals surface area contributed by atoms with Crippen LogP contribution in [0.5, 0.6) is 0 Å². The third-order valence-corrected chi connectivity index (χ3v) is 10.2. The number of morpholine rings is 4. The molecule has 21 nitrogen and oxygen atoms in total. The number of carboxylic acid groups (broad SMARTS) is 3. The number of hydrogen-bond donors (Lipinski definition) is 7. The highest BCUT2D eigenvalue weighted by Gasteiger charge is 2.40. The van der Waals surface area contributed by atoms with Crippen molar-refractivity contribution in [2.24, 2.45) is 0 Å². The Morgan fingerprint density at radius 2 is 0.889 bits per heavy atom. The second-order valence-corrected chi connectivity index (χ2v) is 14.2. The van der Waals surface area contributed by atoms with Crippen molar-refractivity contribution in [3.8, 4) is 0 Å². The molecule has 21 heteroatoms. The van der Waals surface area contributed by atoms with E-state index in [0.29, 0.717) is 98.0 Å². The zero-order valence-corrected chi connectivity index (χ0v) is 30.8. The molecule has 54 heavy (non-hydrogen) atoms. The summed E-state index contributed by atoms with van der Waals surface area (Å²) in [4.78, 5) is 72.2. The molecular weight excluding hydrogens is 714 g/mol. The lowest BCUT2D eigenvalue weighted by atomic mass is 9.94. The number of rotatable bonds is 18. The minimum atomic E-state index is -1.15. The monoisotopic (exact) mass is 771 g/mol. The second-order valence-electron chi connectivity index (χ2n) is 14.2. The number of nitrogens with one attached hydrogen (secondary N) is 4. The number of aliphatic carboxylic acids is 3. The predicted molar refractivity (Wildman–Crippen MR) is 188 cm³/mol. The first-order valence-corrected chi connectivity index (χ1v) is 18.9. The van der Waals surface area contributed by atoms with Crippen molar-refractivity contribution in [3.63, 3.8) is 0 Å². The maximum Gasteiger partial charge on any atom is 0.317 e. The van der Waals surface area contributed by atoms with Crippen LogP contribution in [0.3, 0.4) is 0 Å². The molecule has 5 aliphatic rings. The number of likely N-dealkylation sites (tertiary alicyclic amines) is 1. The molecule has 6 unspecified atom stereocenters. The fraction of sp³-hybridized carbons (Fsp3) is 0.848. The lowest BCUT2D eigenvalue weighted by Gasteiger charge is -2.45. The molecule has 0 saturated carbocycles. The van der Waals surface area contributed by atoms with Crippen LogP contribution in [-0.4, -0.2) is 231 Å². The highest BCUT2D eigenvalue weighted by molar-refractivity contribution is 5.80. The summed E-state index contributed by atoms with van der Waals surface area (Å²) in [5.74, 6) is -4.19. The summed E-state index contributed by atoms with van der Waals surface area (Å²) in [7, 11) is 0. The van der Waals surface area contributed by atoms with Gasteiger partial charge in [0.05, 0.1) is 59.2 Å². The SMILES string of the molecule is O=C(O)CN(CC(=O)N(C1CNCCO1)C1CNCCO1)CC1CCCC(CN(CC(=O)O)CC(=O)N(C2CNCCO2)C2CNCCO2)N1CC(=O)O. The number of carboxylic acids is 3. The van der Waals surface area contributed by atoms with Crippen LogP contribution in [0.25, 0.3) is 0 Å². The molecule has 5 rings (SSSR count).